The van der Waals surface area contributed by atoms with Gasteiger partial charge in [0.05, 0.1) is 30.7 Å². The lowest BCUT2D eigenvalue weighted by Crippen LogP contribution is -2.28. The van der Waals surface area contributed by atoms with Crippen LogP contribution in [0.2, 0.25) is 0 Å². The number of aromatic nitrogens is 7. The third-order valence-corrected chi connectivity index (χ3v) is 4.69. The van der Waals surface area contributed by atoms with Gasteiger partial charge in [0.1, 0.15) is 11.8 Å². The summed E-state index contributed by atoms with van der Waals surface area (Å²) in [6, 6.07) is 7.77. The predicted molar refractivity (Wildman–Crippen MR) is 107 cm³/mol. The highest BCUT2D eigenvalue weighted by atomic mass is 16.2. The second-order valence-corrected chi connectivity index (χ2v) is 7.17. The van der Waals surface area contributed by atoms with Crippen LogP contribution in [0, 0.1) is 0 Å². The SMILES string of the molecule is CC(C)n1cnnc1CN(C)C(=O)c1cnc2c(c1)ncn2Cc1ccccn1. The van der Waals surface area contributed by atoms with Gasteiger partial charge in [-0.2, -0.15) is 0 Å². The van der Waals surface area contributed by atoms with Crippen molar-refractivity contribution >= 4 is 17.1 Å². The summed E-state index contributed by atoms with van der Waals surface area (Å²) in [5.74, 6) is 0.599. The Morgan fingerprint density at radius 3 is 2.79 bits per heavy atom. The number of carbonyl (C=O) groups excluding carboxylic acids is 1. The van der Waals surface area contributed by atoms with Crippen LogP contribution in [0.4, 0.5) is 0 Å². The van der Waals surface area contributed by atoms with Crippen LogP contribution in [0.1, 0.15) is 41.8 Å². The molecular formula is C20H22N8O. The van der Waals surface area contributed by atoms with Crippen molar-refractivity contribution in [2.75, 3.05) is 7.05 Å². The van der Waals surface area contributed by atoms with E-state index >= 15 is 0 Å². The fourth-order valence-corrected chi connectivity index (χ4v) is 3.16. The zero-order chi connectivity index (χ0) is 20.4. The van der Waals surface area contributed by atoms with E-state index < -0.39 is 0 Å². The lowest BCUT2D eigenvalue weighted by Gasteiger charge is -2.18. The van der Waals surface area contributed by atoms with Crippen molar-refractivity contribution in [1.82, 2.24) is 39.2 Å². The molecule has 4 rings (SSSR count). The molecule has 4 aromatic rings. The number of pyridine rings is 2. The molecule has 0 unspecified atom stereocenters. The standard InChI is InChI=1S/C20H22N8O/c1-14(2)28-13-24-25-18(28)11-26(3)20(29)15-8-17-19(22-9-15)27(12-23-17)10-16-6-4-5-7-21-16/h4-9,12-14H,10-11H2,1-3H3. The van der Waals surface area contributed by atoms with E-state index in [4.69, 9.17) is 0 Å². The number of amides is 1. The van der Waals surface area contributed by atoms with Crippen molar-refractivity contribution < 1.29 is 4.79 Å². The third-order valence-electron chi connectivity index (χ3n) is 4.69. The molecule has 0 aliphatic heterocycles. The fourth-order valence-electron chi connectivity index (χ4n) is 3.16. The van der Waals surface area contributed by atoms with Gasteiger partial charge in [-0.25, -0.2) is 9.97 Å². The van der Waals surface area contributed by atoms with Crippen molar-refractivity contribution in [2.24, 2.45) is 0 Å². The molecule has 29 heavy (non-hydrogen) atoms. The van der Waals surface area contributed by atoms with Crippen LogP contribution in [0.15, 0.2) is 49.3 Å². The van der Waals surface area contributed by atoms with Gasteiger partial charge in [0.15, 0.2) is 11.5 Å². The lowest BCUT2D eigenvalue weighted by atomic mass is 10.2. The summed E-state index contributed by atoms with van der Waals surface area (Å²) in [6.07, 6.45) is 6.75. The van der Waals surface area contributed by atoms with Crippen molar-refractivity contribution in [3.63, 3.8) is 0 Å². The molecule has 148 valence electrons. The first kappa shape index (κ1) is 18.7. The Kier molecular flexibility index (Phi) is 5.03. The van der Waals surface area contributed by atoms with E-state index in [2.05, 4.69) is 25.1 Å². The first-order valence-corrected chi connectivity index (χ1v) is 9.37. The second-order valence-electron chi connectivity index (χ2n) is 7.17. The number of imidazole rings is 1. The number of rotatable bonds is 6. The number of fused-ring (bicyclic) bond motifs is 1. The van der Waals surface area contributed by atoms with E-state index in [1.165, 1.54) is 0 Å². The molecule has 9 heteroatoms. The monoisotopic (exact) mass is 390 g/mol. The van der Waals surface area contributed by atoms with Crippen LogP contribution in [0.25, 0.3) is 11.2 Å². The molecule has 0 aromatic carbocycles. The topological polar surface area (TPSA) is 94.6 Å². The van der Waals surface area contributed by atoms with Gasteiger partial charge in [0.2, 0.25) is 0 Å². The minimum Gasteiger partial charge on any atom is -0.334 e. The Bertz CT molecular complexity index is 1130. The smallest absolute Gasteiger partial charge is 0.255 e. The van der Waals surface area contributed by atoms with Gasteiger partial charge in [-0.15, -0.1) is 10.2 Å². The Morgan fingerprint density at radius 2 is 2.03 bits per heavy atom. The molecule has 0 fully saturated rings. The van der Waals surface area contributed by atoms with Gasteiger partial charge in [-0.3, -0.25) is 9.78 Å². The third kappa shape index (κ3) is 3.84. The second kappa shape index (κ2) is 7.78. The first-order valence-electron chi connectivity index (χ1n) is 9.37. The van der Waals surface area contributed by atoms with E-state index in [0.29, 0.717) is 24.2 Å². The summed E-state index contributed by atoms with van der Waals surface area (Å²) in [5, 5.41) is 8.08. The largest absolute Gasteiger partial charge is 0.334 e. The van der Waals surface area contributed by atoms with Crippen molar-refractivity contribution in [2.45, 2.75) is 33.0 Å². The normalized spacial score (nSPS) is 11.3. The molecule has 0 N–H and O–H groups in total. The van der Waals surface area contributed by atoms with E-state index in [1.54, 1.807) is 43.1 Å². The number of nitrogens with zero attached hydrogens (tertiary/aromatic N) is 8. The average Bonchev–Trinajstić information content (AvgIpc) is 3.35. The lowest BCUT2D eigenvalue weighted by molar-refractivity contribution is 0.0779. The van der Waals surface area contributed by atoms with Crippen molar-refractivity contribution in [3.8, 4) is 0 Å². The maximum absolute atomic E-state index is 12.9. The summed E-state index contributed by atoms with van der Waals surface area (Å²) >= 11 is 0. The molecule has 0 atom stereocenters. The molecule has 4 heterocycles. The Hall–Kier alpha value is -3.62. The van der Waals surface area contributed by atoms with E-state index in [9.17, 15) is 4.79 Å². The molecule has 0 saturated heterocycles. The highest BCUT2D eigenvalue weighted by Crippen LogP contribution is 2.16. The number of carbonyl (C=O) groups is 1. The zero-order valence-electron chi connectivity index (χ0n) is 16.6. The van der Waals surface area contributed by atoms with Gasteiger partial charge >= 0.3 is 0 Å². The maximum Gasteiger partial charge on any atom is 0.255 e. The minimum atomic E-state index is -0.142. The van der Waals surface area contributed by atoms with Crippen LogP contribution in [0.5, 0.6) is 0 Å². The summed E-state index contributed by atoms with van der Waals surface area (Å²) in [5.41, 5.74) is 2.79. The first-order chi connectivity index (χ1) is 14.0. The van der Waals surface area contributed by atoms with Gasteiger partial charge < -0.3 is 14.0 Å². The van der Waals surface area contributed by atoms with Crippen molar-refractivity contribution in [3.05, 3.63) is 66.4 Å². The number of hydrogen-bond donors (Lipinski definition) is 0. The fraction of sp³-hybridized carbons (Fsp3) is 0.300. The van der Waals surface area contributed by atoms with Crippen LogP contribution in [-0.2, 0) is 13.1 Å². The van der Waals surface area contributed by atoms with E-state index in [1.807, 2.05) is 41.2 Å². The summed E-state index contributed by atoms with van der Waals surface area (Å²) in [4.78, 5) is 27.7. The van der Waals surface area contributed by atoms with Crippen LogP contribution in [0.3, 0.4) is 0 Å². The molecule has 4 aromatic heterocycles. The van der Waals surface area contributed by atoms with E-state index in [0.717, 1.165) is 17.2 Å². The Labute approximate surface area is 168 Å². The zero-order valence-corrected chi connectivity index (χ0v) is 16.6. The van der Waals surface area contributed by atoms with E-state index in [-0.39, 0.29) is 11.9 Å². The summed E-state index contributed by atoms with van der Waals surface area (Å²) in [6.45, 7) is 5.03. The highest BCUT2D eigenvalue weighted by molar-refractivity contribution is 5.96. The summed E-state index contributed by atoms with van der Waals surface area (Å²) < 4.78 is 3.87. The van der Waals surface area contributed by atoms with Gasteiger partial charge in [0, 0.05) is 25.5 Å². The molecule has 1 amide bonds. The average molecular weight is 390 g/mol. The molecule has 0 aliphatic rings. The van der Waals surface area contributed by atoms with Crippen molar-refractivity contribution in [1.29, 1.82) is 0 Å². The highest BCUT2D eigenvalue weighted by Gasteiger charge is 2.18. The van der Waals surface area contributed by atoms with Crippen LogP contribution < -0.4 is 0 Å². The van der Waals surface area contributed by atoms with Gasteiger partial charge in [-0.1, -0.05) is 6.07 Å². The maximum atomic E-state index is 12.9. The van der Waals surface area contributed by atoms with Crippen LogP contribution in [-0.4, -0.2) is 52.1 Å². The predicted octanol–water partition coefficient (Wildman–Crippen LogP) is 2.32. The molecule has 0 spiro atoms. The van der Waals surface area contributed by atoms with Gasteiger partial charge in [0.25, 0.3) is 5.91 Å². The van der Waals surface area contributed by atoms with Crippen LogP contribution >= 0.6 is 0 Å². The molecule has 0 radical (unpaired) electrons. The minimum absolute atomic E-state index is 0.142. The molecule has 0 aliphatic carbocycles. The Balaban J connectivity index is 1.53. The quantitative estimate of drug-likeness (QED) is 0.501. The molecular weight excluding hydrogens is 368 g/mol. The Morgan fingerprint density at radius 1 is 1.17 bits per heavy atom. The number of hydrogen-bond acceptors (Lipinski definition) is 6. The molecule has 0 saturated carbocycles. The summed E-state index contributed by atoms with van der Waals surface area (Å²) in [7, 11) is 1.74. The molecule has 0 bridgehead atoms. The molecule has 9 nitrogen and oxygen atoms in total. The van der Waals surface area contributed by atoms with Gasteiger partial charge in [-0.05, 0) is 32.0 Å².